The minimum Gasteiger partial charge on any atom is -0.464 e. The third kappa shape index (κ3) is 4.60. The number of amides is 1. The number of quaternary nitrogens is 1. The number of anilines is 2. The number of benzene rings is 2. The van der Waals surface area contributed by atoms with E-state index in [9.17, 15) is 14.0 Å². The van der Waals surface area contributed by atoms with Gasteiger partial charge in [-0.1, -0.05) is 23.8 Å². The molecule has 1 aromatic heterocycles. The Morgan fingerprint density at radius 1 is 1.19 bits per heavy atom. The number of nitrogens with one attached hydrogen (secondary N) is 3. The van der Waals surface area contributed by atoms with E-state index in [0.29, 0.717) is 24.3 Å². The Labute approximate surface area is 186 Å². The number of aromatic nitrogens is 1. The zero-order valence-electron chi connectivity index (χ0n) is 18.3. The molecule has 0 radical (unpaired) electrons. The van der Waals surface area contributed by atoms with E-state index in [2.05, 4.69) is 15.2 Å². The predicted octanol–water partition coefficient (Wildman–Crippen LogP) is 2.14. The molecule has 1 aliphatic rings. The van der Waals surface area contributed by atoms with E-state index in [1.807, 2.05) is 31.2 Å². The molecule has 3 aromatic rings. The maximum Gasteiger partial charge on any atom is 0.356 e. The highest BCUT2D eigenvalue weighted by Crippen LogP contribution is 2.29. The number of nitrogens with zero attached hydrogens (tertiary/aromatic N) is 1. The summed E-state index contributed by atoms with van der Waals surface area (Å²) in [6.07, 6.45) is 0.328. The topological polar surface area (TPSA) is 78.9 Å². The first-order valence-corrected chi connectivity index (χ1v) is 10.8. The lowest BCUT2D eigenvalue weighted by Crippen LogP contribution is -3.15. The number of carbonyl (C=O) groups excluding carboxylic acids is 2. The van der Waals surface area contributed by atoms with Gasteiger partial charge in [-0.3, -0.25) is 4.79 Å². The van der Waals surface area contributed by atoms with Gasteiger partial charge in [0.05, 0.1) is 57.6 Å². The number of aryl methyl sites for hydroxylation is 1. The Balaban J connectivity index is 1.37. The van der Waals surface area contributed by atoms with E-state index in [1.165, 1.54) is 18.1 Å². The number of piperazine rings is 1. The Hall–Kier alpha value is -3.39. The van der Waals surface area contributed by atoms with Crippen LogP contribution in [0.15, 0.2) is 42.5 Å². The molecule has 32 heavy (non-hydrogen) atoms. The summed E-state index contributed by atoms with van der Waals surface area (Å²) < 4.78 is 18.9. The third-order valence-electron chi connectivity index (χ3n) is 5.98. The van der Waals surface area contributed by atoms with Crippen molar-refractivity contribution in [3.05, 3.63) is 59.5 Å². The molecule has 168 valence electrons. The first-order valence-electron chi connectivity index (χ1n) is 10.8. The zero-order valence-corrected chi connectivity index (χ0v) is 18.3. The Kier molecular flexibility index (Phi) is 6.41. The summed E-state index contributed by atoms with van der Waals surface area (Å²) in [5, 5.41) is 3.70. The molecule has 0 unspecified atom stereocenters. The van der Waals surface area contributed by atoms with Gasteiger partial charge in [0.15, 0.2) is 0 Å². The molecule has 3 N–H and O–H groups in total. The van der Waals surface area contributed by atoms with Gasteiger partial charge in [0.1, 0.15) is 11.5 Å². The quantitative estimate of drug-likeness (QED) is 0.515. The van der Waals surface area contributed by atoms with Crippen LogP contribution < -0.4 is 15.1 Å². The summed E-state index contributed by atoms with van der Waals surface area (Å²) in [4.78, 5) is 31.3. The normalized spacial score (nSPS) is 14.5. The maximum absolute atomic E-state index is 14.0. The lowest BCUT2D eigenvalue weighted by molar-refractivity contribution is -0.900. The van der Waals surface area contributed by atoms with Gasteiger partial charge in [0.2, 0.25) is 5.91 Å². The van der Waals surface area contributed by atoms with Gasteiger partial charge in [-0.05, 0) is 31.2 Å². The van der Waals surface area contributed by atoms with Crippen LogP contribution in [0.4, 0.5) is 15.8 Å². The molecular formula is C24H28FN4O3+. The number of halogens is 1. The van der Waals surface area contributed by atoms with Gasteiger partial charge in [-0.2, -0.15) is 0 Å². The van der Waals surface area contributed by atoms with E-state index in [0.717, 1.165) is 42.6 Å². The molecule has 2 aromatic carbocycles. The first-order chi connectivity index (χ1) is 15.5. The van der Waals surface area contributed by atoms with E-state index in [4.69, 9.17) is 4.74 Å². The summed E-state index contributed by atoms with van der Waals surface area (Å²) in [6.45, 7) is 5.78. The molecule has 0 spiro atoms. The van der Waals surface area contributed by atoms with Gasteiger partial charge in [-0.25, -0.2) is 9.18 Å². The molecule has 0 saturated carbocycles. The average Bonchev–Trinajstić information content (AvgIpc) is 3.15. The van der Waals surface area contributed by atoms with Crippen molar-refractivity contribution in [2.45, 2.75) is 13.3 Å². The van der Waals surface area contributed by atoms with Gasteiger partial charge < -0.3 is 24.8 Å². The number of carbonyl (C=O) groups is 2. The summed E-state index contributed by atoms with van der Waals surface area (Å²) in [7, 11) is 1.31. The summed E-state index contributed by atoms with van der Waals surface area (Å²) in [5.74, 6) is -0.878. The summed E-state index contributed by atoms with van der Waals surface area (Å²) in [5.41, 5.74) is 3.13. The van der Waals surface area contributed by atoms with Gasteiger partial charge in [0.25, 0.3) is 0 Å². The van der Waals surface area contributed by atoms with Crippen LogP contribution in [-0.4, -0.2) is 56.7 Å². The number of methoxy groups -OCH3 is 1. The van der Waals surface area contributed by atoms with Crippen molar-refractivity contribution < 1.29 is 23.6 Å². The van der Waals surface area contributed by atoms with Gasteiger partial charge in [-0.15, -0.1) is 0 Å². The number of ether oxygens (including phenoxy) is 1. The lowest BCUT2D eigenvalue weighted by atomic mass is 10.1. The smallest absolute Gasteiger partial charge is 0.356 e. The number of fused-ring (bicyclic) bond motifs is 1. The SMILES string of the molecule is COC(=O)c1[nH]c2ccc(C)cc2c1NC(=O)CC[NH+]1CCN(c2ccccc2F)CC1. The molecule has 4 rings (SSSR count). The average molecular weight is 440 g/mol. The number of esters is 1. The summed E-state index contributed by atoms with van der Waals surface area (Å²) >= 11 is 0. The highest BCUT2D eigenvalue weighted by Gasteiger charge is 2.24. The fourth-order valence-electron chi connectivity index (χ4n) is 4.21. The number of aromatic amines is 1. The van der Waals surface area contributed by atoms with E-state index >= 15 is 0 Å². The molecule has 0 aliphatic carbocycles. The van der Waals surface area contributed by atoms with Crippen molar-refractivity contribution >= 4 is 34.2 Å². The number of hydrogen-bond acceptors (Lipinski definition) is 4. The maximum atomic E-state index is 14.0. The molecule has 1 fully saturated rings. The van der Waals surface area contributed by atoms with E-state index in [-0.39, 0.29) is 17.4 Å². The van der Waals surface area contributed by atoms with Crippen molar-refractivity contribution in [2.75, 3.05) is 50.1 Å². The van der Waals surface area contributed by atoms with Crippen molar-refractivity contribution in [3.8, 4) is 0 Å². The van der Waals surface area contributed by atoms with Crippen LogP contribution in [0.2, 0.25) is 0 Å². The van der Waals surface area contributed by atoms with Crippen molar-refractivity contribution in [1.82, 2.24) is 4.98 Å². The number of rotatable bonds is 6. The zero-order chi connectivity index (χ0) is 22.7. The number of H-pyrrole nitrogens is 1. The van der Waals surface area contributed by atoms with Crippen LogP contribution in [0.1, 0.15) is 22.5 Å². The molecule has 0 bridgehead atoms. The largest absolute Gasteiger partial charge is 0.464 e. The van der Waals surface area contributed by atoms with Gasteiger partial charge >= 0.3 is 5.97 Å². The van der Waals surface area contributed by atoms with E-state index in [1.54, 1.807) is 12.1 Å². The van der Waals surface area contributed by atoms with Crippen LogP contribution in [0.25, 0.3) is 10.9 Å². The van der Waals surface area contributed by atoms with Crippen molar-refractivity contribution in [2.24, 2.45) is 0 Å². The lowest BCUT2D eigenvalue weighted by Gasteiger charge is -2.33. The fraction of sp³-hybridized carbons (Fsp3) is 0.333. The van der Waals surface area contributed by atoms with Gasteiger partial charge in [0, 0.05) is 10.9 Å². The molecular weight excluding hydrogens is 411 g/mol. The Morgan fingerprint density at radius 2 is 1.94 bits per heavy atom. The number of hydrogen-bond donors (Lipinski definition) is 3. The van der Waals surface area contributed by atoms with Crippen LogP contribution in [0.5, 0.6) is 0 Å². The fourth-order valence-corrected chi connectivity index (χ4v) is 4.21. The molecule has 8 heteroatoms. The third-order valence-corrected chi connectivity index (χ3v) is 5.98. The minimum absolute atomic E-state index is 0.151. The molecule has 1 amide bonds. The van der Waals surface area contributed by atoms with Crippen LogP contribution in [0, 0.1) is 12.7 Å². The second-order valence-corrected chi connectivity index (χ2v) is 8.15. The molecule has 2 heterocycles. The standard InChI is InChI=1S/C24H27FN4O3/c1-16-7-8-19-17(15-16)22(23(26-19)24(31)32-2)27-21(30)9-10-28-11-13-29(14-12-28)20-6-4-3-5-18(20)25/h3-8,15,26H,9-14H2,1-2H3,(H,27,30)/p+1. The Bertz CT molecular complexity index is 1140. The second-order valence-electron chi connectivity index (χ2n) is 8.15. The van der Waals surface area contributed by atoms with Crippen molar-refractivity contribution in [3.63, 3.8) is 0 Å². The molecule has 0 atom stereocenters. The molecule has 1 aliphatic heterocycles. The highest BCUT2D eigenvalue weighted by molar-refractivity contribution is 6.11. The Morgan fingerprint density at radius 3 is 2.66 bits per heavy atom. The molecule has 1 saturated heterocycles. The van der Waals surface area contributed by atoms with Crippen LogP contribution >= 0.6 is 0 Å². The summed E-state index contributed by atoms with van der Waals surface area (Å²) in [6, 6.07) is 12.6. The molecule has 7 nitrogen and oxygen atoms in total. The first kappa shape index (κ1) is 21.8. The number of para-hydroxylation sites is 1. The highest BCUT2D eigenvalue weighted by atomic mass is 19.1. The van der Waals surface area contributed by atoms with E-state index < -0.39 is 5.97 Å². The predicted molar refractivity (Wildman–Crippen MR) is 122 cm³/mol. The minimum atomic E-state index is -0.524. The van der Waals surface area contributed by atoms with Crippen LogP contribution in [0.3, 0.4) is 0 Å². The second kappa shape index (κ2) is 9.40. The van der Waals surface area contributed by atoms with Crippen LogP contribution in [-0.2, 0) is 9.53 Å². The monoisotopic (exact) mass is 439 g/mol. The van der Waals surface area contributed by atoms with Crippen molar-refractivity contribution in [1.29, 1.82) is 0 Å².